The summed E-state index contributed by atoms with van der Waals surface area (Å²) in [5.74, 6) is -1.61. The Morgan fingerprint density at radius 2 is 1.62 bits per heavy atom. The zero-order valence-corrected chi connectivity index (χ0v) is 9.20. The Balaban J connectivity index is 3.07. The van der Waals surface area contributed by atoms with Crippen LogP contribution in [-0.2, 0) is 9.47 Å². The van der Waals surface area contributed by atoms with Crippen LogP contribution in [0.1, 0.15) is 6.92 Å². The highest BCUT2D eigenvalue weighted by Gasteiger charge is 2.58. The predicted octanol–water partition coefficient (Wildman–Crippen LogP) is -2.81. The quantitative estimate of drug-likeness (QED) is 0.360. The lowest BCUT2D eigenvalue weighted by atomic mass is 9.84. The number of methoxy groups -OCH3 is 1. The van der Waals surface area contributed by atoms with Crippen molar-refractivity contribution >= 4 is 0 Å². The van der Waals surface area contributed by atoms with Crippen molar-refractivity contribution in [2.24, 2.45) is 0 Å². The maximum atomic E-state index is 9.68. The van der Waals surface area contributed by atoms with E-state index in [1.54, 1.807) is 0 Å². The van der Waals surface area contributed by atoms with E-state index in [1.807, 2.05) is 0 Å². The molecule has 0 aromatic rings. The van der Waals surface area contributed by atoms with Gasteiger partial charge < -0.3 is 35.0 Å². The first-order valence-electron chi connectivity index (χ1n) is 4.88. The van der Waals surface area contributed by atoms with E-state index in [9.17, 15) is 15.3 Å². The summed E-state index contributed by atoms with van der Waals surface area (Å²) in [7, 11) is 1.24. The molecule has 7 heteroatoms. The minimum atomic E-state index is -1.76. The Hall–Kier alpha value is -0.280. The van der Waals surface area contributed by atoms with Crippen LogP contribution in [0.3, 0.4) is 0 Å². The Kier molecular flexibility index (Phi) is 3.91. The third-order valence-corrected chi connectivity index (χ3v) is 3.07. The van der Waals surface area contributed by atoms with E-state index in [1.165, 1.54) is 14.0 Å². The fourth-order valence-electron chi connectivity index (χ4n) is 1.78. The predicted molar refractivity (Wildman–Crippen MR) is 51.4 cm³/mol. The van der Waals surface area contributed by atoms with Gasteiger partial charge in [0.15, 0.2) is 5.79 Å². The van der Waals surface area contributed by atoms with Gasteiger partial charge in [-0.25, -0.2) is 0 Å². The summed E-state index contributed by atoms with van der Waals surface area (Å²) in [5, 5.41) is 47.3. The molecule has 1 heterocycles. The zero-order valence-electron chi connectivity index (χ0n) is 9.20. The molecule has 0 spiro atoms. The van der Waals surface area contributed by atoms with E-state index >= 15 is 0 Å². The van der Waals surface area contributed by atoms with Crippen LogP contribution in [-0.4, -0.2) is 75.6 Å². The van der Waals surface area contributed by atoms with Gasteiger partial charge in [0.05, 0.1) is 13.2 Å². The highest BCUT2D eigenvalue weighted by atomic mass is 16.7. The van der Waals surface area contributed by atoms with E-state index in [0.29, 0.717) is 0 Å². The van der Waals surface area contributed by atoms with Crippen molar-refractivity contribution in [3.05, 3.63) is 0 Å². The zero-order chi connectivity index (χ0) is 12.6. The van der Waals surface area contributed by atoms with Crippen molar-refractivity contribution in [2.75, 3.05) is 20.3 Å². The lowest BCUT2D eigenvalue weighted by Crippen LogP contribution is -2.71. The molecule has 1 aliphatic rings. The molecule has 0 aromatic carbocycles. The van der Waals surface area contributed by atoms with Crippen molar-refractivity contribution in [3.63, 3.8) is 0 Å². The van der Waals surface area contributed by atoms with E-state index in [2.05, 4.69) is 0 Å². The second kappa shape index (κ2) is 4.53. The largest absolute Gasteiger partial charge is 0.393 e. The normalized spacial score (nSPS) is 43.3. The molecule has 0 aromatic heterocycles. The molecule has 1 fully saturated rings. The van der Waals surface area contributed by atoms with Crippen LogP contribution in [0.15, 0.2) is 0 Å². The Labute approximate surface area is 92.9 Å². The van der Waals surface area contributed by atoms with Crippen LogP contribution in [0.2, 0.25) is 0 Å². The van der Waals surface area contributed by atoms with Gasteiger partial charge in [0.1, 0.15) is 23.9 Å². The number of aliphatic hydroxyl groups is 5. The number of hydrogen-bond donors (Lipinski definition) is 5. The number of rotatable bonds is 3. The average molecular weight is 238 g/mol. The maximum Gasteiger partial charge on any atom is 0.194 e. The minimum absolute atomic E-state index is 0.715. The number of ether oxygens (including phenoxy) is 2. The Bertz CT molecular complexity index is 242. The molecule has 0 amide bonds. The maximum absolute atomic E-state index is 9.68. The fourth-order valence-corrected chi connectivity index (χ4v) is 1.78. The van der Waals surface area contributed by atoms with Gasteiger partial charge in [-0.05, 0) is 6.92 Å². The van der Waals surface area contributed by atoms with Gasteiger partial charge in [0.25, 0.3) is 0 Å². The third-order valence-electron chi connectivity index (χ3n) is 3.07. The summed E-state index contributed by atoms with van der Waals surface area (Å²) in [6.45, 7) is -0.0897. The van der Waals surface area contributed by atoms with E-state index in [-0.39, 0.29) is 0 Å². The van der Waals surface area contributed by atoms with Crippen molar-refractivity contribution < 1.29 is 35.0 Å². The first-order valence-corrected chi connectivity index (χ1v) is 4.88. The van der Waals surface area contributed by atoms with E-state index in [0.717, 1.165) is 0 Å². The topological polar surface area (TPSA) is 120 Å². The first kappa shape index (κ1) is 13.8. The molecular formula is C9H18O7. The van der Waals surface area contributed by atoms with Gasteiger partial charge >= 0.3 is 0 Å². The van der Waals surface area contributed by atoms with Crippen LogP contribution in [0, 0.1) is 0 Å². The standard InChI is InChI=1S/C9H18O7/c1-8(15-2)6(13)5(12)7(14)9(3-10,4-11)16-8/h5-7,10-14H,3-4H2,1-2H3/t5-,6-,7+,8?/m1/s1. The van der Waals surface area contributed by atoms with Crippen molar-refractivity contribution in [1.29, 1.82) is 0 Å². The molecule has 0 saturated carbocycles. The molecule has 1 rings (SSSR count). The van der Waals surface area contributed by atoms with Crippen LogP contribution >= 0.6 is 0 Å². The van der Waals surface area contributed by atoms with E-state index < -0.39 is 42.9 Å². The lowest BCUT2D eigenvalue weighted by molar-refractivity contribution is -0.386. The van der Waals surface area contributed by atoms with Crippen molar-refractivity contribution in [2.45, 2.75) is 36.6 Å². The summed E-state index contributed by atoms with van der Waals surface area (Å²) < 4.78 is 10.1. The number of hydrogen-bond acceptors (Lipinski definition) is 7. The summed E-state index contributed by atoms with van der Waals surface area (Å²) in [5.41, 5.74) is -1.76. The Morgan fingerprint density at radius 3 is 2.00 bits per heavy atom. The summed E-state index contributed by atoms with van der Waals surface area (Å²) in [6.07, 6.45) is -4.68. The third kappa shape index (κ3) is 1.84. The van der Waals surface area contributed by atoms with Crippen LogP contribution in [0.5, 0.6) is 0 Å². The second-order valence-electron chi connectivity index (χ2n) is 4.08. The molecular weight excluding hydrogens is 220 g/mol. The molecule has 1 unspecified atom stereocenters. The van der Waals surface area contributed by atoms with Crippen LogP contribution in [0.4, 0.5) is 0 Å². The molecule has 16 heavy (non-hydrogen) atoms. The van der Waals surface area contributed by atoms with Crippen LogP contribution in [0.25, 0.3) is 0 Å². The van der Waals surface area contributed by atoms with Crippen molar-refractivity contribution in [1.82, 2.24) is 0 Å². The summed E-state index contributed by atoms with van der Waals surface area (Å²) in [4.78, 5) is 0. The van der Waals surface area contributed by atoms with Gasteiger partial charge in [-0.2, -0.15) is 0 Å². The van der Waals surface area contributed by atoms with Gasteiger partial charge in [0, 0.05) is 7.11 Å². The average Bonchev–Trinajstić information content (AvgIpc) is 2.31. The molecule has 7 nitrogen and oxygen atoms in total. The molecule has 0 radical (unpaired) electrons. The van der Waals surface area contributed by atoms with Gasteiger partial charge in [0.2, 0.25) is 0 Å². The smallest absolute Gasteiger partial charge is 0.194 e. The SMILES string of the molecule is COC1(C)OC(CO)(CO)[C@@H](O)[C@H](O)[C@H]1O. The van der Waals surface area contributed by atoms with Gasteiger partial charge in [-0.15, -0.1) is 0 Å². The van der Waals surface area contributed by atoms with E-state index in [4.69, 9.17) is 19.7 Å². The minimum Gasteiger partial charge on any atom is -0.393 e. The Morgan fingerprint density at radius 1 is 1.12 bits per heavy atom. The molecule has 4 atom stereocenters. The molecule has 0 aliphatic carbocycles. The molecule has 1 saturated heterocycles. The molecule has 5 N–H and O–H groups in total. The van der Waals surface area contributed by atoms with Crippen molar-refractivity contribution in [3.8, 4) is 0 Å². The molecule has 0 bridgehead atoms. The summed E-state index contributed by atoms with van der Waals surface area (Å²) >= 11 is 0. The monoisotopic (exact) mass is 238 g/mol. The highest BCUT2D eigenvalue weighted by molar-refractivity contribution is 5.03. The van der Waals surface area contributed by atoms with Crippen LogP contribution < -0.4 is 0 Å². The lowest BCUT2D eigenvalue weighted by Gasteiger charge is -2.51. The summed E-state index contributed by atoms with van der Waals surface area (Å²) in [6, 6.07) is 0. The first-order chi connectivity index (χ1) is 7.37. The molecule has 96 valence electrons. The molecule has 1 aliphatic heterocycles. The highest BCUT2D eigenvalue weighted by Crippen LogP contribution is 2.36. The fraction of sp³-hybridized carbons (Fsp3) is 1.00. The van der Waals surface area contributed by atoms with Gasteiger partial charge in [-0.1, -0.05) is 0 Å². The van der Waals surface area contributed by atoms with Gasteiger partial charge in [-0.3, -0.25) is 0 Å². The number of aliphatic hydroxyl groups excluding tert-OH is 5. The second-order valence-corrected chi connectivity index (χ2v) is 4.08.